The topological polar surface area (TPSA) is 46.3 Å². The van der Waals surface area contributed by atoms with Gasteiger partial charge in [0.2, 0.25) is 5.91 Å². The van der Waals surface area contributed by atoms with Crippen molar-refractivity contribution in [1.82, 2.24) is 4.90 Å². The Morgan fingerprint density at radius 2 is 2.06 bits per heavy atom. The van der Waals surface area contributed by atoms with Crippen LogP contribution < -0.4 is 5.73 Å². The molecule has 2 N–H and O–H groups in total. The van der Waals surface area contributed by atoms with Crippen LogP contribution in [0.25, 0.3) is 0 Å². The number of nitrogen functional groups attached to an aromatic ring is 1. The van der Waals surface area contributed by atoms with Gasteiger partial charge in [-0.2, -0.15) is 13.2 Å². The third-order valence-corrected chi connectivity index (χ3v) is 2.95. The average Bonchev–Trinajstić information content (AvgIpc) is 2.25. The Labute approximate surface area is 102 Å². The largest absolute Gasteiger partial charge is 0.399 e. The lowest BCUT2D eigenvalue weighted by Crippen LogP contribution is -2.38. The van der Waals surface area contributed by atoms with E-state index in [1.807, 2.05) is 6.07 Å². The Morgan fingerprint density at radius 3 is 2.72 bits per heavy atom. The van der Waals surface area contributed by atoms with Gasteiger partial charge in [0.25, 0.3) is 0 Å². The maximum atomic E-state index is 12.2. The Kier molecular flexibility index (Phi) is 3.19. The summed E-state index contributed by atoms with van der Waals surface area (Å²) in [5.74, 6) is -0.879. The standard InChI is InChI=1S/C12H13F3N2O/c13-12(14,15)6-11(18)17-4-3-8-1-2-10(16)5-9(8)7-17/h1-2,5H,3-4,6-7,16H2. The van der Waals surface area contributed by atoms with Crippen LogP contribution in [0.5, 0.6) is 0 Å². The van der Waals surface area contributed by atoms with Gasteiger partial charge in [0.05, 0.1) is 0 Å². The summed E-state index contributed by atoms with van der Waals surface area (Å²) in [5.41, 5.74) is 8.05. The molecule has 0 aromatic heterocycles. The van der Waals surface area contributed by atoms with Crippen LogP contribution in [0.2, 0.25) is 0 Å². The second-order valence-electron chi connectivity index (χ2n) is 4.39. The van der Waals surface area contributed by atoms with Gasteiger partial charge >= 0.3 is 6.18 Å². The average molecular weight is 258 g/mol. The Bertz CT molecular complexity index is 471. The first-order valence-corrected chi connectivity index (χ1v) is 5.57. The van der Waals surface area contributed by atoms with Crippen LogP contribution >= 0.6 is 0 Å². The summed E-state index contributed by atoms with van der Waals surface area (Å²) in [7, 11) is 0. The van der Waals surface area contributed by atoms with Crippen molar-refractivity contribution in [1.29, 1.82) is 0 Å². The number of fused-ring (bicyclic) bond motifs is 1. The summed E-state index contributed by atoms with van der Waals surface area (Å²) in [6, 6.07) is 5.32. The Morgan fingerprint density at radius 1 is 1.33 bits per heavy atom. The first-order chi connectivity index (χ1) is 8.35. The molecular weight excluding hydrogens is 245 g/mol. The van der Waals surface area contributed by atoms with Gasteiger partial charge in [-0.25, -0.2) is 0 Å². The summed E-state index contributed by atoms with van der Waals surface area (Å²) in [4.78, 5) is 12.7. The van der Waals surface area contributed by atoms with E-state index in [-0.39, 0.29) is 6.54 Å². The highest BCUT2D eigenvalue weighted by molar-refractivity contribution is 5.77. The molecule has 0 saturated heterocycles. The second-order valence-corrected chi connectivity index (χ2v) is 4.39. The molecule has 1 aromatic carbocycles. The Hall–Kier alpha value is -1.72. The number of alkyl halides is 3. The maximum Gasteiger partial charge on any atom is 0.397 e. The van der Waals surface area contributed by atoms with Crippen molar-refractivity contribution >= 4 is 11.6 Å². The summed E-state index contributed by atoms with van der Waals surface area (Å²) in [6.07, 6.45) is -5.28. The van der Waals surface area contributed by atoms with Crippen LogP contribution in [0, 0.1) is 0 Å². The highest BCUT2D eigenvalue weighted by Gasteiger charge is 2.34. The minimum absolute atomic E-state index is 0.204. The lowest BCUT2D eigenvalue weighted by Gasteiger charge is -2.29. The maximum absolute atomic E-state index is 12.2. The second kappa shape index (κ2) is 4.51. The van der Waals surface area contributed by atoms with Crippen molar-refractivity contribution in [3.05, 3.63) is 29.3 Å². The molecule has 1 aliphatic rings. The van der Waals surface area contributed by atoms with Gasteiger partial charge in [0, 0.05) is 18.8 Å². The lowest BCUT2D eigenvalue weighted by atomic mass is 9.99. The van der Waals surface area contributed by atoms with Gasteiger partial charge in [-0.15, -0.1) is 0 Å². The summed E-state index contributed by atoms with van der Waals surface area (Å²) < 4.78 is 36.5. The fraction of sp³-hybridized carbons (Fsp3) is 0.417. The van der Waals surface area contributed by atoms with E-state index >= 15 is 0 Å². The number of anilines is 1. The molecule has 1 aliphatic heterocycles. The van der Waals surface area contributed by atoms with Crippen LogP contribution in [0.3, 0.4) is 0 Å². The molecule has 1 amide bonds. The van der Waals surface area contributed by atoms with Crippen LogP contribution in [0.15, 0.2) is 18.2 Å². The van der Waals surface area contributed by atoms with E-state index in [1.165, 1.54) is 4.90 Å². The summed E-state index contributed by atoms with van der Waals surface area (Å²) in [6.45, 7) is 0.529. The van der Waals surface area contributed by atoms with Crippen molar-refractivity contribution in [2.45, 2.75) is 25.6 Å². The first kappa shape index (κ1) is 12.7. The van der Waals surface area contributed by atoms with Gasteiger partial charge in [0.15, 0.2) is 0 Å². The highest BCUT2D eigenvalue weighted by atomic mass is 19.4. The molecule has 1 aromatic rings. The molecule has 0 bridgehead atoms. The molecular formula is C12H13F3N2O. The van der Waals surface area contributed by atoms with Gasteiger partial charge in [-0.05, 0) is 29.7 Å². The van der Waals surface area contributed by atoms with E-state index in [9.17, 15) is 18.0 Å². The molecule has 0 fully saturated rings. The molecule has 0 radical (unpaired) electrons. The fourth-order valence-corrected chi connectivity index (χ4v) is 2.07. The zero-order chi connectivity index (χ0) is 13.3. The van der Waals surface area contributed by atoms with Crippen LogP contribution in [0.4, 0.5) is 18.9 Å². The number of carbonyl (C=O) groups is 1. The molecule has 6 heteroatoms. The number of carbonyl (C=O) groups excluding carboxylic acids is 1. The number of halogens is 3. The van der Waals surface area contributed by atoms with Crippen LogP contribution in [0.1, 0.15) is 17.5 Å². The van der Waals surface area contributed by atoms with E-state index in [2.05, 4.69) is 0 Å². The van der Waals surface area contributed by atoms with Crippen molar-refractivity contribution in [2.75, 3.05) is 12.3 Å². The van der Waals surface area contributed by atoms with Gasteiger partial charge < -0.3 is 10.6 Å². The predicted molar refractivity (Wildman–Crippen MR) is 60.6 cm³/mol. The van der Waals surface area contributed by atoms with E-state index in [0.29, 0.717) is 18.7 Å². The van der Waals surface area contributed by atoms with Crippen LogP contribution in [-0.2, 0) is 17.8 Å². The molecule has 0 spiro atoms. The van der Waals surface area contributed by atoms with Crippen molar-refractivity contribution in [3.8, 4) is 0 Å². The molecule has 0 unspecified atom stereocenters. The molecule has 2 rings (SSSR count). The molecule has 0 saturated carbocycles. The van der Waals surface area contributed by atoms with Crippen LogP contribution in [-0.4, -0.2) is 23.5 Å². The normalized spacial score (nSPS) is 15.4. The zero-order valence-corrected chi connectivity index (χ0v) is 9.63. The van der Waals surface area contributed by atoms with E-state index in [1.54, 1.807) is 12.1 Å². The number of nitrogens with two attached hydrogens (primary N) is 1. The molecule has 18 heavy (non-hydrogen) atoms. The quantitative estimate of drug-likeness (QED) is 0.784. The number of nitrogens with zero attached hydrogens (tertiary/aromatic N) is 1. The first-order valence-electron chi connectivity index (χ1n) is 5.57. The zero-order valence-electron chi connectivity index (χ0n) is 9.63. The molecule has 98 valence electrons. The Balaban J connectivity index is 2.09. The van der Waals surface area contributed by atoms with Gasteiger partial charge in [0.1, 0.15) is 6.42 Å². The highest BCUT2D eigenvalue weighted by Crippen LogP contribution is 2.25. The van der Waals surface area contributed by atoms with E-state index < -0.39 is 18.5 Å². The van der Waals surface area contributed by atoms with E-state index in [4.69, 9.17) is 5.73 Å². The van der Waals surface area contributed by atoms with Gasteiger partial charge in [-0.1, -0.05) is 6.07 Å². The monoisotopic (exact) mass is 258 g/mol. The van der Waals surface area contributed by atoms with Crippen molar-refractivity contribution in [2.24, 2.45) is 0 Å². The van der Waals surface area contributed by atoms with Gasteiger partial charge in [-0.3, -0.25) is 4.79 Å². The molecule has 3 nitrogen and oxygen atoms in total. The van der Waals surface area contributed by atoms with Crippen molar-refractivity contribution in [3.63, 3.8) is 0 Å². The molecule has 1 heterocycles. The van der Waals surface area contributed by atoms with Crippen molar-refractivity contribution < 1.29 is 18.0 Å². The summed E-state index contributed by atoms with van der Waals surface area (Å²) in [5, 5.41) is 0. The number of rotatable bonds is 1. The minimum atomic E-state index is -4.45. The SMILES string of the molecule is Nc1ccc2c(c1)CN(C(=O)CC(F)(F)F)CC2. The minimum Gasteiger partial charge on any atom is -0.399 e. The predicted octanol–water partition coefficient (Wildman–Crippen LogP) is 2.11. The number of amides is 1. The smallest absolute Gasteiger partial charge is 0.397 e. The third-order valence-electron chi connectivity index (χ3n) is 2.95. The molecule has 0 aliphatic carbocycles. The third kappa shape index (κ3) is 2.94. The number of benzene rings is 1. The fourth-order valence-electron chi connectivity index (χ4n) is 2.07. The lowest BCUT2D eigenvalue weighted by molar-refractivity contribution is -0.162. The number of hydrogen-bond acceptors (Lipinski definition) is 2. The summed E-state index contributed by atoms with van der Waals surface area (Å²) >= 11 is 0. The van der Waals surface area contributed by atoms with E-state index in [0.717, 1.165) is 11.1 Å². The number of hydrogen-bond donors (Lipinski definition) is 1. The molecule has 0 atom stereocenters.